The largest absolute Gasteiger partial charge is 0.353 e. The van der Waals surface area contributed by atoms with Gasteiger partial charge in [0.2, 0.25) is 5.91 Å². The SMILES string of the molecule is CC[C@@H](C)NC(=O)CSc1nc2n[nH]c(C)c2c(=N)n1-c1ccc(C)cc1. The maximum Gasteiger partial charge on any atom is 0.230 e. The molecular weight excluding hydrogens is 360 g/mol. The molecule has 0 unspecified atom stereocenters. The van der Waals surface area contributed by atoms with Gasteiger partial charge in [0.15, 0.2) is 10.8 Å². The maximum atomic E-state index is 12.2. The summed E-state index contributed by atoms with van der Waals surface area (Å²) < 4.78 is 1.77. The number of aromatic nitrogens is 4. The van der Waals surface area contributed by atoms with E-state index in [1.54, 1.807) is 4.57 Å². The van der Waals surface area contributed by atoms with Crippen LogP contribution in [-0.4, -0.2) is 37.5 Å². The lowest BCUT2D eigenvalue weighted by molar-refractivity contribution is -0.119. The third-order valence-corrected chi connectivity index (χ3v) is 5.36. The van der Waals surface area contributed by atoms with E-state index in [0.717, 1.165) is 23.4 Å². The van der Waals surface area contributed by atoms with Crippen LogP contribution in [0.1, 0.15) is 31.5 Å². The molecule has 2 aromatic heterocycles. The fourth-order valence-corrected chi connectivity index (χ4v) is 3.53. The zero-order valence-electron chi connectivity index (χ0n) is 16.0. The lowest BCUT2D eigenvalue weighted by atomic mass is 10.2. The van der Waals surface area contributed by atoms with E-state index in [2.05, 4.69) is 20.5 Å². The van der Waals surface area contributed by atoms with Crippen LogP contribution in [-0.2, 0) is 4.79 Å². The molecule has 142 valence electrons. The molecule has 0 aliphatic rings. The number of rotatable bonds is 6. The van der Waals surface area contributed by atoms with Crippen LogP contribution in [0.4, 0.5) is 0 Å². The van der Waals surface area contributed by atoms with Gasteiger partial charge in [-0.25, -0.2) is 4.98 Å². The molecule has 0 spiro atoms. The molecular formula is C19H24N6OS. The fraction of sp³-hybridized carbons (Fsp3) is 0.368. The van der Waals surface area contributed by atoms with Gasteiger partial charge in [0.25, 0.3) is 0 Å². The van der Waals surface area contributed by atoms with Crippen molar-refractivity contribution < 1.29 is 4.79 Å². The number of nitrogens with zero attached hydrogens (tertiary/aromatic N) is 3. The normalized spacial score (nSPS) is 12.3. The minimum atomic E-state index is -0.0450. The van der Waals surface area contributed by atoms with Crippen LogP contribution >= 0.6 is 11.8 Å². The standard InChI is InChI=1S/C19H24N6OS/c1-5-12(3)21-15(26)10-27-19-22-18-16(13(4)23-24-18)17(20)25(19)14-8-6-11(2)7-9-14/h6-9,12,20H,5,10H2,1-4H3,(H,21,26)(H,23,24)/t12-/m1/s1. The first-order valence-corrected chi connectivity index (χ1v) is 9.90. The van der Waals surface area contributed by atoms with Crippen molar-refractivity contribution in [1.29, 1.82) is 5.41 Å². The third kappa shape index (κ3) is 4.05. The van der Waals surface area contributed by atoms with E-state index < -0.39 is 0 Å². The summed E-state index contributed by atoms with van der Waals surface area (Å²) in [6.45, 7) is 7.91. The summed E-state index contributed by atoms with van der Waals surface area (Å²) in [5.41, 5.74) is 3.58. The Morgan fingerprint density at radius 1 is 1.33 bits per heavy atom. The summed E-state index contributed by atoms with van der Waals surface area (Å²) in [6, 6.07) is 8.05. The van der Waals surface area contributed by atoms with Crippen LogP contribution in [0.2, 0.25) is 0 Å². The van der Waals surface area contributed by atoms with Gasteiger partial charge in [-0.15, -0.1) is 0 Å². The molecule has 7 nitrogen and oxygen atoms in total. The molecule has 0 aliphatic heterocycles. The monoisotopic (exact) mass is 384 g/mol. The predicted octanol–water partition coefficient (Wildman–Crippen LogP) is 2.85. The van der Waals surface area contributed by atoms with Gasteiger partial charge in [0, 0.05) is 17.4 Å². The Kier molecular flexibility index (Phi) is 5.65. The molecule has 1 atom stereocenters. The minimum absolute atomic E-state index is 0.0450. The number of aromatic amines is 1. The Morgan fingerprint density at radius 2 is 2.04 bits per heavy atom. The second kappa shape index (κ2) is 7.96. The lowest BCUT2D eigenvalue weighted by Gasteiger charge is -2.14. The molecule has 0 aliphatic carbocycles. The highest BCUT2D eigenvalue weighted by molar-refractivity contribution is 7.99. The molecule has 3 rings (SSSR count). The Morgan fingerprint density at radius 3 is 2.70 bits per heavy atom. The van der Waals surface area contributed by atoms with Crippen LogP contribution in [0.5, 0.6) is 0 Å². The van der Waals surface area contributed by atoms with Gasteiger partial charge in [-0.3, -0.25) is 19.9 Å². The molecule has 0 saturated heterocycles. The van der Waals surface area contributed by atoms with Crippen LogP contribution in [0.3, 0.4) is 0 Å². The first kappa shape index (κ1) is 19.2. The van der Waals surface area contributed by atoms with Crippen molar-refractivity contribution in [1.82, 2.24) is 25.1 Å². The van der Waals surface area contributed by atoms with Gasteiger partial charge < -0.3 is 5.32 Å². The van der Waals surface area contributed by atoms with Crippen molar-refractivity contribution in [3.8, 4) is 5.69 Å². The highest BCUT2D eigenvalue weighted by Gasteiger charge is 2.16. The lowest BCUT2D eigenvalue weighted by Crippen LogP contribution is -2.33. The van der Waals surface area contributed by atoms with Gasteiger partial charge in [-0.1, -0.05) is 36.4 Å². The number of amides is 1. The molecule has 8 heteroatoms. The van der Waals surface area contributed by atoms with Crippen LogP contribution < -0.4 is 10.8 Å². The molecule has 27 heavy (non-hydrogen) atoms. The number of benzene rings is 1. The minimum Gasteiger partial charge on any atom is -0.353 e. The molecule has 3 aromatic rings. The highest BCUT2D eigenvalue weighted by atomic mass is 32.2. The first-order chi connectivity index (χ1) is 12.9. The fourth-order valence-electron chi connectivity index (χ4n) is 2.71. The van der Waals surface area contributed by atoms with Crippen molar-refractivity contribution >= 4 is 28.7 Å². The number of fused-ring (bicyclic) bond motifs is 1. The van der Waals surface area contributed by atoms with E-state index in [1.807, 2.05) is 52.0 Å². The van der Waals surface area contributed by atoms with E-state index in [1.165, 1.54) is 11.8 Å². The van der Waals surface area contributed by atoms with Crippen molar-refractivity contribution in [2.75, 3.05) is 5.75 Å². The molecule has 0 saturated carbocycles. The zero-order valence-corrected chi connectivity index (χ0v) is 16.8. The number of thioether (sulfide) groups is 1. The van der Waals surface area contributed by atoms with Gasteiger partial charge >= 0.3 is 0 Å². The van der Waals surface area contributed by atoms with Crippen LogP contribution in [0.15, 0.2) is 29.4 Å². The average Bonchev–Trinajstić information content (AvgIpc) is 3.02. The topological polar surface area (TPSA) is 99.5 Å². The predicted molar refractivity (Wildman–Crippen MR) is 107 cm³/mol. The van der Waals surface area contributed by atoms with Crippen LogP contribution in [0.25, 0.3) is 16.7 Å². The van der Waals surface area contributed by atoms with E-state index in [4.69, 9.17) is 5.41 Å². The number of carbonyl (C=O) groups excluding carboxylic acids is 1. The van der Waals surface area contributed by atoms with Crippen molar-refractivity contribution in [2.24, 2.45) is 0 Å². The number of nitrogens with one attached hydrogen (secondary N) is 3. The van der Waals surface area contributed by atoms with E-state index >= 15 is 0 Å². The summed E-state index contributed by atoms with van der Waals surface area (Å²) in [6.07, 6.45) is 0.882. The summed E-state index contributed by atoms with van der Waals surface area (Å²) >= 11 is 1.31. The molecule has 2 heterocycles. The summed E-state index contributed by atoms with van der Waals surface area (Å²) in [4.78, 5) is 16.8. The molecule has 0 radical (unpaired) electrons. The van der Waals surface area contributed by atoms with Gasteiger partial charge in [0.05, 0.1) is 11.1 Å². The van der Waals surface area contributed by atoms with Gasteiger partial charge in [0.1, 0.15) is 5.49 Å². The smallest absolute Gasteiger partial charge is 0.230 e. The van der Waals surface area contributed by atoms with E-state index in [0.29, 0.717) is 21.7 Å². The average molecular weight is 385 g/mol. The Bertz CT molecular complexity index is 1020. The first-order valence-electron chi connectivity index (χ1n) is 8.92. The number of aryl methyl sites for hydroxylation is 2. The molecule has 1 amide bonds. The van der Waals surface area contributed by atoms with Crippen LogP contribution in [0, 0.1) is 19.3 Å². The van der Waals surface area contributed by atoms with Gasteiger partial charge in [-0.05, 0) is 39.3 Å². The third-order valence-electron chi connectivity index (χ3n) is 4.43. The molecule has 0 fully saturated rings. The molecule has 0 bridgehead atoms. The maximum absolute atomic E-state index is 12.2. The van der Waals surface area contributed by atoms with Crippen molar-refractivity contribution in [3.05, 3.63) is 41.0 Å². The number of hydrogen-bond acceptors (Lipinski definition) is 5. The molecule has 3 N–H and O–H groups in total. The highest BCUT2D eigenvalue weighted by Crippen LogP contribution is 2.21. The molecule has 1 aromatic carbocycles. The number of hydrogen-bond donors (Lipinski definition) is 3. The quantitative estimate of drug-likeness (QED) is 0.449. The summed E-state index contributed by atoms with van der Waals surface area (Å²) in [7, 11) is 0. The summed E-state index contributed by atoms with van der Waals surface area (Å²) in [5.74, 6) is 0.189. The number of H-pyrrole nitrogens is 1. The summed E-state index contributed by atoms with van der Waals surface area (Å²) in [5, 5.41) is 20.0. The number of carbonyl (C=O) groups is 1. The van der Waals surface area contributed by atoms with Crippen molar-refractivity contribution in [3.63, 3.8) is 0 Å². The Balaban J connectivity index is 2.02. The van der Waals surface area contributed by atoms with E-state index in [-0.39, 0.29) is 17.7 Å². The second-order valence-electron chi connectivity index (χ2n) is 6.63. The second-order valence-corrected chi connectivity index (χ2v) is 7.57. The zero-order chi connectivity index (χ0) is 19.6. The Hall–Kier alpha value is -2.61. The van der Waals surface area contributed by atoms with Gasteiger partial charge in [-0.2, -0.15) is 5.10 Å². The van der Waals surface area contributed by atoms with Crippen molar-refractivity contribution in [2.45, 2.75) is 45.3 Å². The van der Waals surface area contributed by atoms with E-state index in [9.17, 15) is 4.79 Å². The Labute approximate surface area is 162 Å².